The summed E-state index contributed by atoms with van der Waals surface area (Å²) in [6, 6.07) is 21.0. The lowest BCUT2D eigenvalue weighted by atomic mass is 10.0. The van der Waals surface area contributed by atoms with Crippen LogP contribution in [-0.4, -0.2) is 27.1 Å². The number of hydrogen-bond acceptors (Lipinski definition) is 5. The highest BCUT2D eigenvalue weighted by molar-refractivity contribution is 5.96. The number of carboxylic acids is 1. The number of alkyl halides is 3. The summed E-state index contributed by atoms with van der Waals surface area (Å²) in [5.41, 5.74) is 1.60. The van der Waals surface area contributed by atoms with Crippen LogP contribution in [0.5, 0.6) is 5.75 Å². The van der Waals surface area contributed by atoms with Crippen molar-refractivity contribution in [3.8, 4) is 17.0 Å². The molecule has 0 radical (unpaired) electrons. The van der Waals surface area contributed by atoms with E-state index in [9.17, 15) is 27.9 Å². The van der Waals surface area contributed by atoms with Crippen LogP contribution < -0.4 is 9.84 Å². The van der Waals surface area contributed by atoms with Crippen molar-refractivity contribution < 1.29 is 32.6 Å². The Morgan fingerprint density at radius 1 is 0.950 bits per heavy atom. The third-order valence-corrected chi connectivity index (χ3v) is 6.51. The number of halogens is 3. The van der Waals surface area contributed by atoms with Gasteiger partial charge in [-0.05, 0) is 74.7 Å². The molecule has 40 heavy (non-hydrogen) atoms. The summed E-state index contributed by atoms with van der Waals surface area (Å²) in [5, 5.41) is 15.9. The Kier molecular flexibility index (Phi) is 8.13. The highest BCUT2D eigenvalue weighted by Gasteiger charge is 2.30. The molecular formula is C31H28F3N2O4-. The zero-order chi connectivity index (χ0) is 29.1. The van der Waals surface area contributed by atoms with Crippen LogP contribution in [0.3, 0.4) is 0 Å². The second kappa shape index (κ2) is 11.4. The van der Waals surface area contributed by atoms with Crippen LogP contribution in [0, 0.1) is 6.92 Å². The lowest BCUT2D eigenvalue weighted by Crippen LogP contribution is -2.48. The lowest BCUT2D eigenvalue weighted by Gasteiger charge is -2.28. The van der Waals surface area contributed by atoms with E-state index < -0.39 is 23.3 Å². The molecule has 0 atom stereocenters. The first-order valence-corrected chi connectivity index (χ1v) is 12.7. The fourth-order valence-electron chi connectivity index (χ4n) is 4.16. The zero-order valence-electron chi connectivity index (χ0n) is 22.3. The largest absolute Gasteiger partial charge is 0.546 e. The number of carbonyl (C=O) groups is 2. The van der Waals surface area contributed by atoms with Crippen LogP contribution >= 0.6 is 0 Å². The minimum Gasteiger partial charge on any atom is -0.546 e. The van der Waals surface area contributed by atoms with E-state index in [4.69, 9.17) is 4.74 Å². The van der Waals surface area contributed by atoms with Crippen molar-refractivity contribution in [3.05, 3.63) is 107 Å². The first kappa shape index (κ1) is 28.6. The molecule has 0 aliphatic rings. The van der Waals surface area contributed by atoms with Crippen LogP contribution in [0.4, 0.5) is 13.2 Å². The Morgan fingerprint density at radius 2 is 1.62 bits per heavy atom. The Labute approximate surface area is 230 Å². The van der Waals surface area contributed by atoms with Gasteiger partial charge in [0.15, 0.2) is 5.78 Å². The summed E-state index contributed by atoms with van der Waals surface area (Å²) in [4.78, 5) is 24.4. The first-order valence-electron chi connectivity index (χ1n) is 12.7. The van der Waals surface area contributed by atoms with Gasteiger partial charge in [0.2, 0.25) is 0 Å². The monoisotopic (exact) mass is 549 g/mol. The summed E-state index contributed by atoms with van der Waals surface area (Å²) < 4.78 is 46.4. The van der Waals surface area contributed by atoms with Gasteiger partial charge < -0.3 is 14.6 Å². The van der Waals surface area contributed by atoms with Gasteiger partial charge in [0.25, 0.3) is 0 Å². The molecule has 4 rings (SSSR count). The molecule has 208 valence electrons. The number of benzene rings is 3. The van der Waals surface area contributed by atoms with Crippen molar-refractivity contribution >= 4 is 11.8 Å². The summed E-state index contributed by atoms with van der Waals surface area (Å²) in [5.74, 6) is -1.14. The quantitative estimate of drug-likeness (QED) is 0.239. The topological polar surface area (TPSA) is 84.2 Å². The first-order chi connectivity index (χ1) is 18.8. The van der Waals surface area contributed by atoms with Gasteiger partial charge in [0, 0.05) is 23.2 Å². The molecule has 0 aliphatic carbocycles. The Hall–Kier alpha value is -4.40. The number of carboxylic acid groups (broad SMARTS) is 1. The van der Waals surface area contributed by atoms with Crippen molar-refractivity contribution in [2.24, 2.45) is 0 Å². The molecule has 0 fully saturated rings. The van der Waals surface area contributed by atoms with Crippen LogP contribution in [0.2, 0.25) is 0 Å². The van der Waals surface area contributed by atoms with Gasteiger partial charge in [-0.15, -0.1) is 0 Å². The van der Waals surface area contributed by atoms with Gasteiger partial charge in [-0.3, -0.25) is 9.48 Å². The highest BCUT2D eigenvalue weighted by Crippen LogP contribution is 2.31. The Morgan fingerprint density at radius 3 is 2.23 bits per heavy atom. The lowest BCUT2D eigenvalue weighted by molar-refractivity contribution is -0.320. The van der Waals surface area contributed by atoms with Crippen LogP contribution in [-0.2, 0) is 23.9 Å². The number of aromatic nitrogens is 2. The molecule has 0 bridgehead atoms. The molecule has 0 spiro atoms. The third-order valence-electron chi connectivity index (χ3n) is 6.51. The molecule has 9 heteroatoms. The number of Topliss-reactive ketones (excluding diaryl/α,β-unsaturated/α-hetero) is 1. The average Bonchev–Trinajstić information content (AvgIpc) is 3.30. The molecule has 3 aromatic carbocycles. The molecule has 0 aliphatic heterocycles. The molecular weight excluding hydrogens is 521 g/mol. The van der Waals surface area contributed by atoms with E-state index in [0.29, 0.717) is 41.1 Å². The number of rotatable bonds is 10. The molecule has 0 N–H and O–H groups in total. The van der Waals surface area contributed by atoms with E-state index in [1.165, 1.54) is 26.0 Å². The predicted octanol–water partition coefficient (Wildman–Crippen LogP) is 5.65. The Bertz CT molecular complexity index is 1510. The minimum atomic E-state index is -4.43. The van der Waals surface area contributed by atoms with Crippen LogP contribution in [0.25, 0.3) is 11.3 Å². The fraction of sp³-hybridized carbons (Fsp3) is 0.258. The highest BCUT2D eigenvalue weighted by atomic mass is 19.4. The summed E-state index contributed by atoms with van der Waals surface area (Å²) in [6.07, 6.45) is -3.91. The predicted molar refractivity (Wildman–Crippen MR) is 142 cm³/mol. The number of nitrogens with zero attached hydrogens (tertiary/aromatic N) is 2. The fourth-order valence-corrected chi connectivity index (χ4v) is 4.16. The van der Waals surface area contributed by atoms with Crippen molar-refractivity contribution in [1.29, 1.82) is 0 Å². The maximum Gasteiger partial charge on any atom is 0.416 e. The van der Waals surface area contributed by atoms with Gasteiger partial charge >= 0.3 is 6.18 Å². The van der Waals surface area contributed by atoms with Crippen molar-refractivity contribution in [2.75, 3.05) is 0 Å². The maximum absolute atomic E-state index is 13.1. The van der Waals surface area contributed by atoms with Gasteiger partial charge in [-0.1, -0.05) is 42.5 Å². The number of carbonyl (C=O) groups excluding carboxylic acids is 2. The molecule has 4 aromatic rings. The number of hydrogen-bond donors (Lipinski definition) is 0. The molecule has 0 amide bonds. The Balaban J connectivity index is 1.54. The second-order valence-corrected chi connectivity index (χ2v) is 10.0. The maximum atomic E-state index is 13.1. The van der Waals surface area contributed by atoms with Crippen molar-refractivity contribution in [2.45, 2.75) is 51.9 Å². The summed E-state index contributed by atoms with van der Waals surface area (Å²) in [6.45, 7) is 4.93. The van der Waals surface area contributed by atoms with E-state index in [1.807, 2.05) is 30.3 Å². The SMILES string of the molecule is Cc1cc(C(=O)CCc2cc(-c3ccc(C(F)(F)F)cc3)nn2Cc2ccccc2)ccc1OC(C)(C)C(=O)[O-]. The van der Waals surface area contributed by atoms with Gasteiger partial charge in [-0.25, -0.2) is 0 Å². The molecule has 0 saturated heterocycles. The van der Waals surface area contributed by atoms with Crippen molar-refractivity contribution in [3.63, 3.8) is 0 Å². The van der Waals surface area contributed by atoms with E-state index >= 15 is 0 Å². The average molecular weight is 550 g/mol. The second-order valence-electron chi connectivity index (χ2n) is 10.0. The van der Waals surface area contributed by atoms with Gasteiger partial charge in [-0.2, -0.15) is 18.3 Å². The van der Waals surface area contributed by atoms with Crippen LogP contribution in [0.15, 0.2) is 78.9 Å². The van der Waals surface area contributed by atoms with Gasteiger partial charge in [0.05, 0.1) is 23.8 Å². The number of ketones is 1. The van der Waals surface area contributed by atoms with Crippen molar-refractivity contribution in [1.82, 2.24) is 9.78 Å². The molecule has 1 aromatic heterocycles. The number of aliphatic carboxylic acids is 1. The molecule has 0 saturated carbocycles. The standard InChI is InChI=1S/C31H29F3N2O4/c1-20-17-23(11-16-28(20)40-30(2,3)29(38)39)27(37)15-14-25-18-26(22-9-12-24(13-10-22)31(32,33)34)35-36(25)19-21-7-5-4-6-8-21/h4-13,16-18H,14-15,19H2,1-3H3,(H,38,39)/p-1. The summed E-state index contributed by atoms with van der Waals surface area (Å²) >= 11 is 0. The summed E-state index contributed by atoms with van der Waals surface area (Å²) in [7, 11) is 0. The zero-order valence-corrected chi connectivity index (χ0v) is 22.3. The smallest absolute Gasteiger partial charge is 0.416 e. The van der Waals surface area contributed by atoms with E-state index in [-0.39, 0.29) is 12.2 Å². The van der Waals surface area contributed by atoms with Gasteiger partial charge in [0.1, 0.15) is 11.4 Å². The normalized spacial score (nSPS) is 11.8. The molecule has 6 nitrogen and oxygen atoms in total. The third kappa shape index (κ3) is 6.77. The number of ether oxygens (including phenoxy) is 1. The van der Waals surface area contributed by atoms with E-state index in [1.54, 1.807) is 35.9 Å². The van der Waals surface area contributed by atoms with E-state index in [2.05, 4.69) is 5.10 Å². The van der Waals surface area contributed by atoms with E-state index in [0.717, 1.165) is 23.4 Å². The molecule has 0 unspecified atom stereocenters. The molecule has 1 heterocycles. The van der Waals surface area contributed by atoms with Crippen LogP contribution in [0.1, 0.15) is 53.0 Å². The number of aryl methyl sites for hydroxylation is 2. The minimum absolute atomic E-state index is 0.127.